The van der Waals surface area contributed by atoms with Crippen LogP contribution in [0.4, 0.5) is 10.5 Å². The maximum absolute atomic E-state index is 13.9. The van der Waals surface area contributed by atoms with Crippen LogP contribution < -0.4 is 20.7 Å². The Morgan fingerprint density at radius 3 is 2.60 bits per heavy atom. The van der Waals surface area contributed by atoms with Gasteiger partial charge in [-0.15, -0.1) is 0 Å². The fourth-order valence-corrected chi connectivity index (χ4v) is 6.44. The summed E-state index contributed by atoms with van der Waals surface area (Å²) >= 11 is 0. The molecule has 1 aromatic heterocycles. The van der Waals surface area contributed by atoms with Gasteiger partial charge in [0.25, 0.3) is 0 Å². The molecule has 4 heterocycles. The predicted octanol–water partition coefficient (Wildman–Crippen LogP) is 4.60. The molecule has 11 nitrogen and oxygen atoms in total. The van der Waals surface area contributed by atoms with Crippen LogP contribution in [0.3, 0.4) is 0 Å². The molecule has 230 valence electrons. The molecule has 3 aliphatic rings. The summed E-state index contributed by atoms with van der Waals surface area (Å²) in [5.74, 6) is -0.332. The SMILES string of the molecule is COC(=O)c1nc2oc1[C@@]13c4ccccc4NC1Oc1ccc(cc13)CC(NC(=O)OCc1ccccc1)C(=O)N[C@H]2C(C)C. The smallest absolute Gasteiger partial charge is 0.408 e. The van der Waals surface area contributed by atoms with Gasteiger partial charge in [0.2, 0.25) is 11.8 Å². The van der Waals surface area contributed by atoms with Crippen LogP contribution in [0.1, 0.15) is 64.3 Å². The highest BCUT2D eigenvalue weighted by atomic mass is 16.5. The van der Waals surface area contributed by atoms with Crippen LogP contribution in [0.5, 0.6) is 5.75 Å². The Morgan fingerprint density at radius 2 is 1.82 bits per heavy atom. The molecule has 3 aromatic carbocycles. The fraction of sp³-hybridized carbons (Fsp3) is 0.294. The van der Waals surface area contributed by atoms with Crippen LogP contribution in [-0.4, -0.2) is 42.3 Å². The molecule has 45 heavy (non-hydrogen) atoms. The first-order chi connectivity index (χ1) is 21.8. The van der Waals surface area contributed by atoms with E-state index in [0.29, 0.717) is 5.75 Å². The van der Waals surface area contributed by atoms with E-state index in [1.165, 1.54) is 7.11 Å². The minimum absolute atomic E-state index is 0.00355. The van der Waals surface area contributed by atoms with E-state index < -0.39 is 41.7 Å². The van der Waals surface area contributed by atoms with Crippen LogP contribution in [-0.2, 0) is 32.7 Å². The Balaban J connectivity index is 1.36. The van der Waals surface area contributed by atoms with Gasteiger partial charge in [0.1, 0.15) is 29.9 Å². The van der Waals surface area contributed by atoms with Crippen molar-refractivity contribution in [1.29, 1.82) is 0 Å². The van der Waals surface area contributed by atoms with Crippen LogP contribution in [0.2, 0.25) is 0 Å². The largest absolute Gasteiger partial charge is 0.469 e. The molecule has 0 fully saturated rings. The van der Waals surface area contributed by atoms with Crippen molar-refractivity contribution in [3.63, 3.8) is 0 Å². The van der Waals surface area contributed by atoms with Gasteiger partial charge in [-0.05, 0) is 34.7 Å². The highest BCUT2D eigenvalue weighted by molar-refractivity contribution is 5.91. The van der Waals surface area contributed by atoms with E-state index in [4.69, 9.17) is 18.6 Å². The first kappa shape index (κ1) is 28.5. The highest BCUT2D eigenvalue weighted by Crippen LogP contribution is 2.58. The third kappa shape index (κ3) is 4.66. The minimum Gasteiger partial charge on any atom is -0.469 e. The molecular weight excluding hydrogens is 576 g/mol. The summed E-state index contributed by atoms with van der Waals surface area (Å²) in [5, 5.41) is 9.22. The summed E-state index contributed by atoms with van der Waals surface area (Å²) in [6, 6.07) is 20.9. The monoisotopic (exact) mass is 608 g/mol. The molecule has 4 atom stereocenters. The zero-order chi connectivity index (χ0) is 31.3. The van der Waals surface area contributed by atoms with Gasteiger partial charge in [0.15, 0.2) is 17.7 Å². The maximum atomic E-state index is 13.9. The third-order valence-electron chi connectivity index (χ3n) is 8.62. The Labute approximate surface area is 259 Å². The van der Waals surface area contributed by atoms with Gasteiger partial charge in [-0.1, -0.05) is 74.5 Å². The molecule has 1 spiro atoms. The zero-order valence-electron chi connectivity index (χ0n) is 25.0. The number of esters is 1. The Bertz CT molecular complexity index is 1800. The number of carbonyl (C=O) groups is 3. The number of nitrogens with one attached hydrogen (secondary N) is 3. The molecule has 2 unspecified atom stereocenters. The summed E-state index contributed by atoms with van der Waals surface area (Å²) in [5.41, 5.74) is 2.89. The van der Waals surface area contributed by atoms with Crippen LogP contribution in [0.25, 0.3) is 0 Å². The maximum Gasteiger partial charge on any atom is 0.408 e. The first-order valence-electron chi connectivity index (χ1n) is 14.8. The summed E-state index contributed by atoms with van der Waals surface area (Å²) in [6.45, 7) is 3.86. The highest BCUT2D eigenvalue weighted by Gasteiger charge is 2.61. The van der Waals surface area contributed by atoms with Crippen molar-refractivity contribution >= 4 is 23.7 Å². The van der Waals surface area contributed by atoms with Crippen molar-refractivity contribution < 1.29 is 33.0 Å². The van der Waals surface area contributed by atoms with Crippen molar-refractivity contribution in [1.82, 2.24) is 15.6 Å². The van der Waals surface area contributed by atoms with Gasteiger partial charge < -0.3 is 34.6 Å². The Kier molecular flexibility index (Phi) is 6.95. The lowest BCUT2D eigenvalue weighted by molar-refractivity contribution is -0.124. The van der Waals surface area contributed by atoms with Crippen LogP contribution in [0, 0.1) is 5.92 Å². The second kappa shape index (κ2) is 11.0. The lowest BCUT2D eigenvalue weighted by Crippen LogP contribution is -2.49. The second-order valence-corrected chi connectivity index (χ2v) is 11.7. The van der Waals surface area contributed by atoms with E-state index in [-0.39, 0.29) is 36.3 Å². The molecule has 4 bridgehead atoms. The van der Waals surface area contributed by atoms with Gasteiger partial charge in [-0.25, -0.2) is 14.6 Å². The van der Waals surface area contributed by atoms with Gasteiger partial charge in [0.05, 0.1) is 7.11 Å². The molecule has 0 saturated carbocycles. The number of fused-ring (bicyclic) bond motifs is 4. The topological polar surface area (TPSA) is 141 Å². The molecule has 0 radical (unpaired) electrons. The normalized spacial score (nSPS) is 22.5. The number of benzene rings is 3. The molecule has 0 aliphatic carbocycles. The average Bonchev–Trinajstić information content (AvgIpc) is 3.71. The van der Waals surface area contributed by atoms with Crippen molar-refractivity contribution in [3.05, 3.63) is 112 Å². The van der Waals surface area contributed by atoms with Crippen molar-refractivity contribution in [2.24, 2.45) is 5.92 Å². The number of methoxy groups -OCH3 is 1. The zero-order valence-corrected chi connectivity index (χ0v) is 25.0. The number of nitrogens with zero attached hydrogens (tertiary/aromatic N) is 1. The number of oxazole rings is 1. The first-order valence-corrected chi connectivity index (χ1v) is 14.8. The predicted molar refractivity (Wildman–Crippen MR) is 162 cm³/mol. The molecule has 2 amide bonds. The van der Waals surface area contributed by atoms with Crippen LogP contribution in [0.15, 0.2) is 77.2 Å². The lowest BCUT2D eigenvalue weighted by Gasteiger charge is -2.28. The second-order valence-electron chi connectivity index (χ2n) is 11.7. The lowest BCUT2D eigenvalue weighted by atomic mass is 9.72. The van der Waals surface area contributed by atoms with E-state index in [1.54, 1.807) is 0 Å². The summed E-state index contributed by atoms with van der Waals surface area (Å²) in [7, 11) is 1.29. The molecule has 11 heteroatoms. The van der Waals surface area contributed by atoms with E-state index in [1.807, 2.05) is 86.6 Å². The molecule has 7 rings (SSSR count). The number of amides is 2. The molecular formula is C34H32N4O7. The summed E-state index contributed by atoms with van der Waals surface area (Å²) in [6.07, 6.45) is -1.22. The van der Waals surface area contributed by atoms with Crippen molar-refractivity contribution in [2.75, 3.05) is 12.4 Å². The number of para-hydroxylation sites is 1. The minimum atomic E-state index is -1.10. The molecule has 4 aromatic rings. The number of carbonyl (C=O) groups excluding carboxylic acids is 3. The van der Waals surface area contributed by atoms with Crippen molar-refractivity contribution in [2.45, 2.75) is 50.6 Å². The number of rotatable bonds is 5. The number of hydrogen-bond donors (Lipinski definition) is 3. The molecule has 3 N–H and O–H groups in total. The van der Waals surface area contributed by atoms with E-state index in [2.05, 4.69) is 20.9 Å². The standard InChI is InChI=1S/C34H32N4O7/c1-18(2)26-30-38-27(31(40)42-3)28(45-30)34-21-11-7-8-12-23(21)35-32(34)44-25-14-13-20(15-22(25)34)16-24(29(39)37-26)36-33(41)43-17-19-9-5-4-6-10-19/h4-15,18,24,26,32,35H,16-17H2,1-3H3,(H,36,41)(H,37,39)/t24?,26-,32?,34-/m0/s1. The van der Waals surface area contributed by atoms with Crippen molar-refractivity contribution in [3.8, 4) is 5.75 Å². The number of anilines is 1. The van der Waals surface area contributed by atoms with Gasteiger partial charge in [-0.3, -0.25) is 4.79 Å². The summed E-state index contributed by atoms with van der Waals surface area (Å²) < 4.78 is 23.7. The van der Waals surface area contributed by atoms with E-state index in [9.17, 15) is 14.4 Å². The Hall–Kier alpha value is -5.32. The molecule has 0 saturated heterocycles. The van der Waals surface area contributed by atoms with E-state index >= 15 is 0 Å². The number of hydrogen-bond acceptors (Lipinski definition) is 9. The van der Waals surface area contributed by atoms with Gasteiger partial charge in [-0.2, -0.15) is 0 Å². The number of alkyl carbamates (subject to hydrolysis) is 1. The van der Waals surface area contributed by atoms with Gasteiger partial charge in [0, 0.05) is 17.7 Å². The average molecular weight is 609 g/mol. The number of ether oxygens (including phenoxy) is 3. The fourth-order valence-electron chi connectivity index (χ4n) is 6.44. The summed E-state index contributed by atoms with van der Waals surface area (Å²) in [4.78, 5) is 44.8. The number of aromatic nitrogens is 1. The Morgan fingerprint density at radius 1 is 1.04 bits per heavy atom. The molecule has 3 aliphatic heterocycles. The third-order valence-corrected chi connectivity index (χ3v) is 8.62. The van der Waals surface area contributed by atoms with Crippen LogP contribution >= 0.6 is 0 Å². The van der Waals surface area contributed by atoms with E-state index in [0.717, 1.165) is 27.9 Å². The quantitative estimate of drug-likeness (QED) is 0.277. The van der Waals surface area contributed by atoms with Gasteiger partial charge >= 0.3 is 12.1 Å².